The number of urea groups is 1. The molecule has 2 amide bonds. The highest BCUT2D eigenvalue weighted by atomic mass is 35.5. The van der Waals surface area contributed by atoms with Crippen molar-refractivity contribution < 1.29 is 9.90 Å². The van der Waals surface area contributed by atoms with Gasteiger partial charge >= 0.3 is 6.03 Å². The number of para-hydroxylation sites is 1. The van der Waals surface area contributed by atoms with Gasteiger partial charge in [-0.2, -0.15) is 0 Å². The van der Waals surface area contributed by atoms with Crippen LogP contribution in [0, 0.1) is 0 Å². The second-order valence-electron chi connectivity index (χ2n) is 5.56. The molecule has 0 aromatic heterocycles. The van der Waals surface area contributed by atoms with Crippen molar-refractivity contribution in [2.24, 2.45) is 0 Å². The smallest absolute Gasteiger partial charge is 0.322 e. The minimum atomic E-state index is -0.578. The van der Waals surface area contributed by atoms with Crippen LogP contribution in [0.4, 0.5) is 16.2 Å². The van der Waals surface area contributed by atoms with Gasteiger partial charge in [-0.1, -0.05) is 17.7 Å². The summed E-state index contributed by atoms with van der Waals surface area (Å²) in [6.07, 6.45) is -0.578. The monoisotopic (exact) mass is 313 g/mol. The Morgan fingerprint density at radius 1 is 1.33 bits per heavy atom. The predicted octanol–water partition coefficient (Wildman–Crippen LogP) is 3.03. The molecule has 0 saturated heterocycles. The number of anilines is 2. The van der Waals surface area contributed by atoms with E-state index in [1.54, 1.807) is 30.0 Å². The maximum absolute atomic E-state index is 12.4. The molecule has 6 heteroatoms. The second kappa shape index (κ2) is 7.52. The molecule has 1 rings (SSSR count). The third-order valence-electron chi connectivity index (χ3n) is 3.02. The van der Waals surface area contributed by atoms with E-state index < -0.39 is 6.10 Å². The number of carbonyl (C=O) groups is 1. The highest BCUT2D eigenvalue weighted by Gasteiger charge is 2.20. The third kappa shape index (κ3) is 4.79. The molecule has 0 radical (unpaired) electrons. The quantitative estimate of drug-likeness (QED) is 0.878. The first kappa shape index (κ1) is 17.6. The van der Waals surface area contributed by atoms with E-state index in [0.29, 0.717) is 10.7 Å². The maximum atomic E-state index is 12.4. The lowest BCUT2D eigenvalue weighted by atomic mass is 10.2. The molecule has 21 heavy (non-hydrogen) atoms. The van der Waals surface area contributed by atoms with Crippen LogP contribution in [0.15, 0.2) is 18.2 Å². The van der Waals surface area contributed by atoms with E-state index in [2.05, 4.69) is 5.32 Å². The van der Waals surface area contributed by atoms with Crippen molar-refractivity contribution >= 4 is 29.0 Å². The van der Waals surface area contributed by atoms with Gasteiger partial charge in [0.05, 0.1) is 22.5 Å². The molecule has 0 saturated carbocycles. The van der Waals surface area contributed by atoms with E-state index in [1.807, 2.05) is 32.8 Å². The Balaban J connectivity index is 2.99. The van der Waals surface area contributed by atoms with Crippen LogP contribution < -0.4 is 10.2 Å². The number of hydrogen-bond acceptors (Lipinski definition) is 3. The zero-order valence-corrected chi connectivity index (χ0v) is 14.0. The Morgan fingerprint density at radius 2 is 1.95 bits per heavy atom. The van der Waals surface area contributed by atoms with Crippen LogP contribution in [0.1, 0.15) is 20.8 Å². The largest absolute Gasteiger partial charge is 0.392 e. The summed E-state index contributed by atoms with van der Waals surface area (Å²) in [4.78, 5) is 15.9. The lowest BCUT2D eigenvalue weighted by molar-refractivity contribution is 0.125. The Morgan fingerprint density at radius 3 is 2.43 bits per heavy atom. The van der Waals surface area contributed by atoms with Crippen LogP contribution in [-0.2, 0) is 0 Å². The lowest BCUT2D eigenvalue weighted by Crippen LogP contribution is -2.44. The van der Waals surface area contributed by atoms with Crippen molar-refractivity contribution in [3.8, 4) is 0 Å². The average molecular weight is 314 g/mol. The molecule has 5 nitrogen and oxygen atoms in total. The Kier molecular flexibility index (Phi) is 6.30. The minimum absolute atomic E-state index is 0.0124. The molecule has 1 atom stereocenters. The van der Waals surface area contributed by atoms with Gasteiger partial charge in [0, 0.05) is 26.7 Å². The number of halogens is 1. The van der Waals surface area contributed by atoms with Gasteiger partial charge in [-0.25, -0.2) is 4.79 Å². The number of amides is 2. The summed E-state index contributed by atoms with van der Waals surface area (Å²) < 4.78 is 0. The van der Waals surface area contributed by atoms with E-state index in [4.69, 9.17) is 11.6 Å². The van der Waals surface area contributed by atoms with Crippen LogP contribution in [0.25, 0.3) is 0 Å². The molecule has 0 aliphatic rings. The molecule has 0 heterocycles. The SMILES string of the molecule is CC(O)CN(C(=O)Nc1cccc(Cl)c1N(C)C)C(C)C. The summed E-state index contributed by atoms with van der Waals surface area (Å²) >= 11 is 6.19. The average Bonchev–Trinajstić information content (AvgIpc) is 2.34. The van der Waals surface area contributed by atoms with E-state index in [9.17, 15) is 9.90 Å². The van der Waals surface area contributed by atoms with Crippen molar-refractivity contribution in [2.45, 2.75) is 32.9 Å². The van der Waals surface area contributed by atoms with Crippen LogP contribution in [0.2, 0.25) is 5.02 Å². The molecule has 0 fully saturated rings. The summed E-state index contributed by atoms with van der Waals surface area (Å²) in [5, 5.41) is 13.0. The molecule has 1 aromatic carbocycles. The number of aliphatic hydroxyl groups excluding tert-OH is 1. The highest BCUT2D eigenvalue weighted by Crippen LogP contribution is 2.32. The van der Waals surface area contributed by atoms with Crippen LogP contribution in [-0.4, -0.2) is 48.8 Å². The molecule has 118 valence electrons. The topological polar surface area (TPSA) is 55.8 Å². The Labute approximate surface area is 131 Å². The molecular formula is C15H24ClN3O2. The van der Waals surface area contributed by atoms with Gasteiger partial charge in [0.25, 0.3) is 0 Å². The number of hydrogen-bond donors (Lipinski definition) is 2. The highest BCUT2D eigenvalue weighted by molar-refractivity contribution is 6.34. The third-order valence-corrected chi connectivity index (χ3v) is 3.33. The van der Waals surface area contributed by atoms with E-state index in [-0.39, 0.29) is 18.6 Å². The molecular weight excluding hydrogens is 290 g/mol. The van der Waals surface area contributed by atoms with Crippen molar-refractivity contribution in [2.75, 3.05) is 30.9 Å². The van der Waals surface area contributed by atoms with E-state index in [1.165, 1.54) is 0 Å². The number of nitrogens with one attached hydrogen (secondary N) is 1. The van der Waals surface area contributed by atoms with Crippen molar-refractivity contribution in [3.63, 3.8) is 0 Å². The minimum Gasteiger partial charge on any atom is -0.392 e. The summed E-state index contributed by atoms with van der Waals surface area (Å²) in [5.74, 6) is 0. The van der Waals surface area contributed by atoms with E-state index >= 15 is 0 Å². The molecule has 0 bridgehead atoms. The van der Waals surface area contributed by atoms with Crippen molar-refractivity contribution in [1.82, 2.24) is 4.90 Å². The zero-order valence-electron chi connectivity index (χ0n) is 13.2. The van der Waals surface area contributed by atoms with Gasteiger partial charge in [-0.3, -0.25) is 0 Å². The van der Waals surface area contributed by atoms with Crippen LogP contribution in [0.3, 0.4) is 0 Å². The first-order valence-electron chi connectivity index (χ1n) is 6.95. The number of aliphatic hydroxyl groups is 1. The van der Waals surface area contributed by atoms with Crippen LogP contribution in [0.5, 0.6) is 0 Å². The van der Waals surface area contributed by atoms with Gasteiger partial charge in [0.1, 0.15) is 0 Å². The molecule has 0 aliphatic heterocycles. The van der Waals surface area contributed by atoms with Gasteiger partial charge in [-0.15, -0.1) is 0 Å². The maximum Gasteiger partial charge on any atom is 0.322 e. The summed E-state index contributed by atoms with van der Waals surface area (Å²) in [6, 6.07) is 5.11. The normalized spacial score (nSPS) is 12.2. The fourth-order valence-corrected chi connectivity index (χ4v) is 2.41. The molecule has 1 unspecified atom stereocenters. The number of nitrogens with zero attached hydrogens (tertiary/aromatic N) is 2. The summed E-state index contributed by atoms with van der Waals surface area (Å²) in [5.41, 5.74) is 1.40. The van der Waals surface area contributed by atoms with Crippen molar-refractivity contribution in [3.05, 3.63) is 23.2 Å². The Hall–Kier alpha value is -1.46. The second-order valence-corrected chi connectivity index (χ2v) is 5.96. The zero-order chi connectivity index (χ0) is 16.2. The summed E-state index contributed by atoms with van der Waals surface area (Å²) in [6.45, 7) is 5.76. The number of carbonyl (C=O) groups excluding carboxylic acids is 1. The lowest BCUT2D eigenvalue weighted by Gasteiger charge is -2.29. The van der Waals surface area contributed by atoms with Gasteiger partial charge < -0.3 is 20.2 Å². The van der Waals surface area contributed by atoms with Gasteiger partial charge in [0.15, 0.2) is 0 Å². The van der Waals surface area contributed by atoms with Gasteiger partial charge in [0.2, 0.25) is 0 Å². The molecule has 0 aliphatic carbocycles. The molecule has 1 aromatic rings. The fourth-order valence-electron chi connectivity index (χ4n) is 2.07. The van der Waals surface area contributed by atoms with Crippen LogP contribution >= 0.6 is 11.6 Å². The summed E-state index contributed by atoms with van der Waals surface area (Å²) in [7, 11) is 3.74. The molecule has 0 spiro atoms. The van der Waals surface area contributed by atoms with E-state index in [0.717, 1.165) is 5.69 Å². The predicted molar refractivity (Wildman–Crippen MR) is 88.3 cm³/mol. The van der Waals surface area contributed by atoms with Gasteiger partial charge in [-0.05, 0) is 32.9 Å². The fraction of sp³-hybridized carbons (Fsp3) is 0.533. The number of rotatable bonds is 5. The first-order chi connectivity index (χ1) is 9.73. The van der Waals surface area contributed by atoms with Crippen molar-refractivity contribution in [1.29, 1.82) is 0 Å². The molecule has 2 N–H and O–H groups in total. The standard InChI is InChI=1S/C15H24ClN3O2/c1-10(2)19(9-11(3)20)15(21)17-13-8-6-7-12(16)14(13)18(4)5/h6-8,10-11,20H,9H2,1-5H3,(H,17,21). The Bertz CT molecular complexity index is 490. The number of benzene rings is 1. The first-order valence-corrected chi connectivity index (χ1v) is 7.33.